The van der Waals surface area contributed by atoms with Crippen LogP contribution in [-0.4, -0.2) is 57.5 Å². The molecule has 9 heteroatoms. The minimum Gasteiger partial charge on any atom is -0.394 e. The van der Waals surface area contributed by atoms with E-state index in [0.717, 1.165) is 12.8 Å². The lowest BCUT2D eigenvalue weighted by Crippen LogP contribution is -2.47. The molecule has 33 heavy (non-hydrogen) atoms. The summed E-state index contributed by atoms with van der Waals surface area (Å²) in [5.41, 5.74) is -0.483. The first-order valence-electron chi connectivity index (χ1n) is 11.0. The Kier molecular flexibility index (Phi) is 5.80. The molecular formula is C24H28N6O3. The van der Waals surface area contributed by atoms with E-state index < -0.39 is 11.0 Å². The molecule has 1 atom stereocenters. The summed E-state index contributed by atoms with van der Waals surface area (Å²) in [7, 11) is 1.64. The molecule has 0 radical (unpaired) electrons. The lowest BCUT2D eigenvalue weighted by atomic mass is 9.83. The second-order valence-corrected chi connectivity index (χ2v) is 9.36. The van der Waals surface area contributed by atoms with Gasteiger partial charge in [-0.3, -0.25) is 9.59 Å². The van der Waals surface area contributed by atoms with Gasteiger partial charge in [-0.15, -0.1) is 0 Å². The van der Waals surface area contributed by atoms with Crippen molar-refractivity contribution in [3.05, 3.63) is 42.2 Å². The van der Waals surface area contributed by atoms with Crippen LogP contribution in [-0.2, 0) is 4.79 Å². The van der Waals surface area contributed by atoms with Gasteiger partial charge in [-0.1, -0.05) is 0 Å². The summed E-state index contributed by atoms with van der Waals surface area (Å²) < 4.78 is 0. The Labute approximate surface area is 193 Å². The largest absolute Gasteiger partial charge is 0.394 e. The Morgan fingerprint density at radius 3 is 2.70 bits per heavy atom. The zero-order chi connectivity index (χ0) is 23.8. The van der Waals surface area contributed by atoms with E-state index in [-0.39, 0.29) is 24.3 Å². The Morgan fingerprint density at radius 2 is 2.09 bits per heavy atom. The fourth-order valence-electron chi connectivity index (χ4n) is 4.09. The lowest BCUT2D eigenvalue weighted by Gasteiger charge is -2.33. The Bertz CT molecular complexity index is 1110. The first-order valence-corrected chi connectivity index (χ1v) is 11.0. The smallest absolute Gasteiger partial charge is 0.255 e. The highest BCUT2D eigenvalue weighted by Gasteiger charge is 2.56. The van der Waals surface area contributed by atoms with Crippen molar-refractivity contribution in [3.63, 3.8) is 0 Å². The van der Waals surface area contributed by atoms with Gasteiger partial charge in [0, 0.05) is 37.7 Å². The van der Waals surface area contributed by atoms with E-state index in [2.05, 4.69) is 21.4 Å². The normalized spacial score (nSPS) is 20.5. The van der Waals surface area contributed by atoms with Gasteiger partial charge in [-0.25, -0.2) is 9.97 Å². The number of likely N-dealkylation sites (N-methyl/N-ethyl adjacent to an activating group) is 1. The third-order valence-electron chi connectivity index (χ3n) is 6.75. The van der Waals surface area contributed by atoms with Crippen LogP contribution in [0.3, 0.4) is 0 Å². The van der Waals surface area contributed by atoms with Crippen molar-refractivity contribution in [2.45, 2.75) is 38.6 Å². The summed E-state index contributed by atoms with van der Waals surface area (Å²) in [6.45, 7) is 3.92. The molecule has 3 heterocycles. The predicted molar refractivity (Wildman–Crippen MR) is 123 cm³/mol. The molecule has 2 aromatic rings. The number of rotatable bonds is 7. The van der Waals surface area contributed by atoms with E-state index in [1.54, 1.807) is 56.3 Å². The quantitative estimate of drug-likeness (QED) is 0.668. The molecule has 2 fully saturated rings. The maximum absolute atomic E-state index is 13.1. The molecule has 2 N–H and O–H groups in total. The third-order valence-corrected chi connectivity index (χ3v) is 6.75. The van der Waals surface area contributed by atoms with E-state index in [1.165, 1.54) is 11.1 Å². The maximum atomic E-state index is 13.1. The van der Waals surface area contributed by atoms with Gasteiger partial charge in [-0.05, 0) is 57.2 Å². The second kappa shape index (κ2) is 8.45. The highest BCUT2D eigenvalue weighted by molar-refractivity contribution is 6.02. The predicted octanol–water partition coefficient (Wildman–Crippen LogP) is 2.72. The standard InChI is InChI=1S/C24H28N6O3/c1-23(2,15-31)29(3)21(32)16-4-7-19(27-13-16)28-20-12-18(8-10-26-20)30-11-9-24(14-25,22(30)33)17-5-6-17/h4,7-8,10,12-13,17,31H,5-6,9,11,15H2,1-3H3,(H,26,27,28)/t24-/m1/s1. The molecule has 0 aromatic carbocycles. The van der Waals surface area contributed by atoms with Crippen LogP contribution < -0.4 is 10.2 Å². The van der Waals surface area contributed by atoms with Crippen LogP contribution in [0.5, 0.6) is 0 Å². The number of nitriles is 1. The molecule has 0 unspecified atom stereocenters. The van der Waals surface area contributed by atoms with Crippen LogP contribution in [0.15, 0.2) is 36.7 Å². The van der Waals surface area contributed by atoms with Gasteiger partial charge in [-0.2, -0.15) is 5.26 Å². The molecule has 1 aliphatic heterocycles. The molecule has 2 aliphatic rings. The van der Waals surface area contributed by atoms with Crippen LogP contribution in [0.1, 0.15) is 43.5 Å². The summed E-state index contributed by atoms with van der Waals surface area (Å²) in [6, 6.07) is 9.16. The van der Waals surface area contributed by atoms with Gasteiger partial charge in [0.25, 0.3) is 5.91 Å². The first-order chi connectivity index (χ1) is 15.7. The monoisotopic (exact) mass is 448 g/mol. The van der Waals surface area contributed by atoms with Crippen molar-refractivity contribution in [1.82, 2.24) is 14.9 Å². The van der Waals surface area contributed by atoms with E-state index >= 15 is 0 Å². The highest BCUT2D eigenvalue weighted by atomic mass is 16.3. The number of nitrogens with zero attached hydrogens (tertiary/aromatic N) is 5. The van der Waals surface area contributed by atoms with E-state index in [4.69, 9.17) is 0 Å². The summed E-state index contributed by atoms with van der Waals surface area (Å²) in [5.74, 6) is 0.813. The van der Waals surface area contributed by atoms with Gasteiger partial charge < -0.3 is 20.2 Å². The Hall–Kier alpha value is -3.51. The fourth-order valence-corrected chi connectivity index (χ4v) is 4.09. The molecule has 172 valence electrons. The van der Waals surface area contributed by atoms with Crippen molar-refractivity contribution in [1.29, 1.82) is 5.26 Å². The van der Waals surface area contributed by atoms with Crippen LogP contribution in [0, 0.1) is 22.7 Å². The molecule has 1 aliphatic carbocycles. The molecule has 0 bridgehead atoms. The van der Waals surface area contributed by atoms with Crippen LogP contribution in [0.2, 0.25) is 0 Å². The van der Waals surface area contributed by atoms with Gasteiger partial charge in [0.05, 0.1) is 23.8 Å². The minimum absolute atomic E-state index is 0.124. The number of aliphatic hydroxyl groups is 1. The lowest BCUT2D eigenvalue weighted by molar-refractivity contribution is -0.123. The molecule has 1 saturated heterocycles. The number of pyridine rings is 2. The number of carbonyl (C=O) groups is 2. The Balaban J connectivity index is 1.47. The van der Waals surface area contributed by atoms with Crippen molar-refractivity contribution in [3.8, 4) is 6.07 Å². The van der Waals surface area contributed by atoms with Crippen molar-refractivity contribution in [2.75, 3.05) is 30.4 Å². The van der Waals surface area contributed by atoms with Crippen LogP contribution >= 0.6 is 0 Å². The number of anilines is 3. The van der Waals surface area contributed by atoms with Crippen LogP contribution in [0.4, 0.5) is 17.3 Å². The van der Waals surface area contributed by atoms with Crippen molar-refractivity contribution >= 4 is 29.1 Å². The fraction of sp³-hybridized carbons (Fsp3) is 0.458. The zero-order valence-electron chi connectivity index (χ0n) is 19.1. The van der Waals surface area contributed by atoms with Crippen LogP contribution in [0.25, 0.3) is 0 Å². The first kappa shape index (κ1) is 22.7. The molecule has 0 spiro atoms. The number of hydrogen-bond donors (Lipinski definition) is 2. The summed E-state index contributed by atoms with van der Waals surface area (Å²) in [4.78, 5) is 37.5. The molecule has 4 rings (SSSR count). The summed E-state index contributed by atoms with van der Waals surface area (Å²) >= 11 is 0. The molecule has 2 amide bonds. The SMILES string of the molecule is CN(C(=O)c1ccc(Nc2cc(N3CC[C@@](C#N)(C4CC4)C3=O)ccn2)nc1)C(C)(C)CO. The molecule has 9 nitrogen and oxygen atoms in total. The number of amides is 2. The second-order valence-electron chi connectivity index (χ2n) is 9.36. The van der Waals surface area contributed by atoms with E-state index in [1.807, 2.05) is 0 Å². The zero-order valence-corrected chi connectivity index (χ0v) is 19.1. The number of aliphatic hydroxyl groups excluding tert-OH is 1. The molecule has 1 saturated carbocycles. The van der Waals surface area contributed by atoms with E-state index in [0.29, 0.717) is 35.9 Å². The van der Waals surface area contributed by atoms with Crippen molar-refractivity contribution < 1.29 is 14.7 Å². The average molecular weight is 449 g/mol. The number of hydrogen-bond acceptors (Lipinski definition) is 7. The van der Waals surface area contributed by atoms with Gasteiger partial charge in [0.1, 0.15) is 17.1 Å². The van der Waals surface area contributed by atoms with Gasteiger partial charge in [0.2, 0.25) is 5.91 Å². The highest BCUT2D eigenvalue weighted by Crippen LogP contribution is 2.51. The summed E-state index contributed by atoms with van der Waals surface area (Å²) in [5, 5.41) is 22.3. The third kappa shape index (κ3) is 4.14. The molecular weight excluding hydrogens is 420 g/mol. The number of carbonyl (C=O) groups excluding carboxylic acids is 2. The number of aromatic nitrogens is 2. The van der Waals surface area contributed by atoms with Gasteiger partial charge >= 0.3 is 0 Å². The Morgan fingerprint density at radius 1 is 1.33 bits per heavy atom. The average Bonchev–Trinajstić information content (AvgIpc) is 3.62. The number of nitrogens with one attached hydrogen (secondary N) is 1. The maximum Gasteiger partial charge on any atom is 0.255 e. The molecule has 2 aromatic heterocycles. The topological polar surface area (TPSA) is 122 Å². The van der Waals surface area contributed by atoms with Gasteiger partial charge in [0.15, 0.2) is 0 Å². The minimum atomic E-state index is -0.890. The summed E-state index contributed by atoms with van der Waals surface area (Å²) in [6.07, 6.45) is 5.51. The van der Waals surface area contributed by atoms with E-state index in [9.17, 15) is 20.0 Å². The van der Waals surface area contributed by atoms with Crippen molar-refractivity contribution in [2.24, 2.45) is 11.3 Å².